The maximum absolute atomic E-state index is 14.1. The van der Waals surface area contributed by atoms with E-state index in [1.807, 2.05) is 4.90 Å². The van der Waals surface area contributed by atoms with E-state index in [1.54, 1.807) is 12.3 Å². The Balaban J connectivity index is 0.00000289. The quantitative estimate of drug-likeness (QED) is 0.327. The third-order valence-electron chi connectivity index (χ3n) is 6.21. The molecule has 1 fully saturated rings. The van der Waals surface area contributed by atoms with Crippen molar-refractivity contribution >= 4 is 35.8 Å². The first-order valence-corrected chi connectivity index (χ1v) is 11.3. The molecule has 2 atom stereocenters. The minimum Gasteiger partial charge on any atom is -0.357 e. The van der Waals surface area contributed by atoms with E-state index in [4.69, 9.17) is 4.99 Å². The summed E-state index contributed by atoms with van der Waals surface area (Å²) in [5, 5.41) is 6.90. The smallest absolute Gasteiger partial charge is 0.191 e. The third-order valence-corrected chi connectivity index (χ3v) is 6.21. The Kier molecular flexibility index (Phi) is 9.10. The molecular weight excluding hydrogens is 518 g/mol. The normalized spacial score (nSPS) is 19.8. The van der Waals surface area contributed by atoms with Crippen molar-refractivity contribution in [2.45, 2.75) is 45.3 Å². The van der Waals surface area contributed by atoms with Crippen LogP contribution in [0.3, 0.4) is 0 Å². The lowest BCUT2D eigenvalue weighted by Gasteiger charge is -2.33. The second kappa shape index (κ2) is 11.8. The molecule has 0 radical (unpaired) electrons. The van der Waals surface area contributed by atoms with Crippen molar-refractivity contribution < 1.29 is 4.39 Å². The monoisotopic (exact) mass is 552 g/mol. The van der Waals surface area contributed by atoms with E-state index in [-0.39, 0.29) is 35.8 Å². The standard InChI is InChI=1S/C24H33FN6.HI/c1-3-26-24(29-21-11-14-31(17-21)23-22(25)9-6-12-27-23)28-15-18(2)30-13-10-19-7-4-5-8-20(19)16-30;/h4-9,12,18,21H,3,10-11,13-17H2,1-2H3,(H2,26,28,29);1H. The molecule has 3 heterocycles. The van der Waals surface area contributed by atoms with Crippen molar-refractivity contribution in [3.63, 3.8) is 0 Å². The fourth-order valence-electron chi connectivity index (χ4n) is 4.43. The summed E-state index contributed by atoms with van der Waals surface area (Å²) in [6.45, 7) is 9.44. The summed E-state index contributed by atoms with van der Waals surface area (Å²) in [6, 6.07) is 12.4. The number of rotatable bonds is 6. The lowest BCUT2D eigenvalue weighted by Crippen LogP contribution is -2.46. The fourth-order valence-corrected chi connectivity index (χ4v) is 4.43. The van der Waals surface area contributed by atoms with E-state index < -0.39 is 0 Å². The number of pyridine rings is 1. The van der Waals surface area contributed by atoms with E-state index in [1.165, 1.54) is 17.2 Å². The van der Waals surface area contributed by atoms with Crippen molar-refractivity contribution in [1.82, 2.24) is 20.5 Å². The highest BCUT2D eigenvalue weighted by Gasteiger charge is 2.26. The van der Waals surface area contributed by atoms with Gasteiger partial charge in [0.25, 0.3) is 0 Å². The van der Waals surface area contributed by atoms with Gasteiger partial charge in [-0.1, -0.05) is 24.3 Å². The number of aliphatic imine (C=N–C) groups is 1. The lowest BCUT2D eigenvalue weighted by molar-refractivity contribution is 0.195. The summed E-state index contributed by atoms with van der Waals surface area (Å²) in [5.74, 6) is 1.01. The highest BCUT2D eigenvalue weighted by atomic mass is 127. The van der Waals surface area contributed by atoms with E-state index >= 15 is 0 Å². The first kappa shape index (κ1) is 24.7. The molecule has 2 unspecified atom stereocenters. The largest absolute Gasteiger partial charge is 0.357 e. The van der Waals surface area contributed by atoms with E-state index in [2.05, 4.69) is 58.6 Å². The van der Waals surface area contributed by atoms with Crippen LogP contribution in [0.15, 0.2) is 47.6 Å². The zero-order valence-electron chi connectivity index (χ0n) is 18.9. The Morgan fingerprint density at radius 2 is 2.03 bits per heavy atom. The number of nitrogens with one attached hydrogen (secondary N) is 2. The maximum Gasteiger partial charge on any atom is 0.191 e. The summed E-state index contributed by atoms with van der Waals surface area (Å²) in [4.78, 5) is 13.6. The molecule has 1 saturated heterocycles. The fraction of sp³-hybridized carbons (Fsp3) is 0.500. The van der Waals surface area contributed by atoms with Crippen LogP contribution in [0.5, 0.6) is 0 Å². The predicted octanol–water partition coefficient (Wildman–Crippen LogP) is 3.42. The van der Waals surface area contributed by atoms with Gasteiger partial charge in [0.1, 0.15) is 0 Å². The summed E-state index contributed by atoms with van der Waals surface area (Å²) < 4.78 is 14.1. The van der Waals surface area contributed by atoms with Gasteiger partial charge in [0.15, 0.2) is 17.6 Å². The molecule has 2 N–H and O–H groups in total. The molecule has 32 heavy (non-hydrogen) atoms. The number of anilines is 1. The Bertz CT molecular complexity index is 908. The zero-order valence-corrected chi connectivity index (χ0v) is 21.3. The van der Waals surface area contributed by atoms with Crippen molar-refractivity contribution in [2.24, 2.45) is 4.99 Å². The molecule has 0 saturated carbocycles. The molecule has 2 aliphatic rings. The van der Waals surface area contributed by atoms with Gasteiger partial charge in [-0.3, -0.25) is 9.89 Å². The van der Waals surface area contributed by atoms with Crippen LogP contribution in [0.1, 0.15) is 31.4 Å². The molecule has 174 valence electrons. The Morgan fingerprint density at radius 3 is 2.81 bits per heavy atom. The molecule has 1 aromatic heterocycles. The van der Waals surface area contributed by atoms with Gasteiger partial charge in [-0.25, -0.2) is 9.37 Å². The Morgan fingerprint density at radius 1 is 1.22 bits per heavy atom. The van der Waals surface area contributed by atoms with Gasteiger partial charge in [0.2, 0.25) is 0 Å². The van der Waals surface area contributed by atoms with Crippen LogP contribution in [-0.2, 0) is 13.0 Å². The number of aromatic nitrogens is 1. The predicted molar refractivity (Wildman–Crippen MR) is 139 cm³/mol. The Labute approximate surface area is 207 Å². The van der Waals surface area contributed by atoms with Crippen molar-refractivity contribution in [3.05, 3.63) is 59.5 Å². The molecule has 0 amide bonds. The Hall–Kier alpha value is -1.94. The van der Waals surface area contributed by atoms with Crippen LogP contribution in [0.2, 0.25) is 0 Å². The van der Waals surface area contributed by atoms with E-state index in [0.717, 1.165) is 58.1 Å². The third kappa shape index (κ3) is 6.10. The number of halogens is 2. The van der Waals surface area contributed by atoms with Gasteiger partial charge in [-0.15, -0.1) is 24.0 Å². The minimum atomic E-state index is -0.263. The van der Waals surface area contributed by atoms with Crippen LogP contribution in [-0.4, -0.2) is 60.7 Å². The topological polar surface area (TPSA) is 55.8 Å². The molecular formula is C24H34FIN6. The van der Waals surface area contributed by atoms with Gasteiger partial charge >= 0.3 is 0 Å². The van der Waals surface area contributed by atoms with Crippen molar-refractivity contribution in [1.29, 1.82) is 0 Å². The summed E-state index contributed by atoms with van der Waals surface area (Å²) >= 11 is 0. The number of nitrogens with zero attached hydrogens (tertiary/aromatic N) is 4. The maximum atomic E-state index is 14.1. The average Bonchev–Trinajstić information content (AvgIpc) is 3.25. The summed E-state index contributed by atoms with van der Waals surface area (Å²) in [6.07, 6.45) is 3.68. The van der Waals surface area contributed by atoms with Crippen LogP contribution in [0, 0.1) is 5.82 Å². The van der Waals surface area contributed by atoms with Gasteiger partial charge in [0.05, 0.1) is 6.54 Å². The average molecular weight is 552 g/mol. The second-order valence-electron chi connectivity index (χ2n) is 8.44. The zero-order chi connectivity index (χ0) is 21.6. The van der Waals surface area contributed by atoms with Crippen molar-refractivity contribution in [3.8, 4) is 0 Å². The van der Waals surface area contributed by atoms with Crippen LogP contribution in [0.4, 0.5) is 10.2 Å². The highest BCUT2D eigenvalue weighted by molar-refractivity contribution is 14.0. The van der Waals surface area contributed by atoms with Crippen LogP contribution >= 0.6 is 24.0 Å². The van der Waals surface area contributed by atoms with Crippen LogP contribution in [0.25, 0.3) is 0 Å². The molecule has 1 aromatic carbocycles. The number of guanidine groups is 1. The SMILES string of the molecule is CCNC(=NCC(C)N1CCc2ccccc2C1)NC1CCN(c2ncccc2F)C1.I. The molecule has 4 rings (SSSR count). The summed E-state index contributed by atoms with van der Waals surface area (Å²) in [7, 11) is 0. The molecule has 2 aliphatic heterocycles. The lowest BCUT2D eigenvalue weighted by atomic mass is 9.99. The molecule has 0 bridgehead atoms. The molecule has 6 nitrogen and oxygen atoms in total. The first-order valence-electron chi connectivity index (χ1n) is 11.3. The molecule has 0 aliphatic carbocycles. The van der Waals surface area contributed by atoms with Crippen molar-refractivity contribution in [2.75, 3.05) is 37.6 Å². The molecule has 2 aromatic rings. The van der Waals surface area contributed by atoms with Gasteiger partial charge < -0.3 is 15.5 Å². The first-order chi connectivity index (χ1) is 15.1. The molecule has 0 spiro atoms. The highest BCUT2D eigenvalue weighted by Crippen LogP contribution is 2.21. The van der Waals surface area contributed by atoms with Gasteiger partial charge in [-0.05, 0) is 49.9 Å². The van der Waals surface area contributed by atoms with Gasteiger partial charge in [-0.2, -0.15) is 0 Å². The van der Waals surface area contributed by atoms with E-state index in [9.17, 15) is 4.39 Å². The number of benzene rings is 1. The van der Waals surface area contributed by atoms with Crippen LogP contribution < -0.4 is 15.5 Å². The molecule has 8 heteroatoms. The number of fused-ring (bicyclic) bond motifs is 1. The minimum absolute atomic E-state index is 0. The number of hydrogen-bond acceptors (Lipinski definition) is 4. The van der Waals surface area contributed by atoms with Gasteiger partial charge in [0, 0.05) is 51.0 Å². The van der Waals surface area contributed by atoms with E-state index in [0.29, 0.717) is 11.9 Å². The second-order valence-corrected chi connectivity index (χ2v) is 8.44. The summed E-state index contributed by atoms with van der Waals surface area (Å²) in [5.41, 5.74) is 2.90. The number of hydrogen-bond donors (Lipinski definition) is 2.